The van der Waals surface area contributed by atoms with Gasteiger partial charge in [0.2, 0.25) is 0 Å². The van der Waals surface area contributed by atoms with E-state index in [9.17, 15) is 9.59 Å². The van der Waals surface area contributed by atoms with Gasteiger partial charge >= 0.3 is 5.97 Å². The molecule has 2 aliphatic rings. The number of hydrogen-bond acceptors (Lipinski definition) is 7. The molecule has 178 valence electrons. The quantitative estimate of drug-likeness (QED) is 0.609. The van der Waals surface area contributed by atoms with Crippen LogP contribution in [0.1, 0.15) is 43.2 Å². The van der Waals surface area contributed by atoms with Crippen molar-refractivity contribution in [1.82, 2.24) is 5.32 Å². The van der Waals surface area contributed by atoms with E-state index in [0.29, 0.717) is 40.3 Å². The summed E-state index contributed by atoms with van der Waals surface area (Å²) in [6.45, 7) is 1.94. The number of allylic oxidation sites excluding steroid dienone is 3. The monoisotopic (exact) mass is 463 g/mol. The first-order chi connectivity index (χ1) is 16.5. The van der Waals surface area contributed by atoms with Crippen LogP contribution < -0.4 is 19.5 Å². The Morgan fingerprint density at radius 1 is 0.971 bits per heavy atom. The molecule has 1 aliphatic carbocycles. The third kappa shape index (κ3) is 4.51. The van der Waals surface area contributed by atoms with Crippen LogP contribution in [0.3, 0.4) is 0 Å². The Balaban J connectivity index is 1.73. The van der Waals surface area contributed by atoms with Crippen molar-refractivity contribution >= 4 is 11.8 Å². The average Bonchev–Trinajstić information content (AvgIpc) is 2.86. The van der Waals surface area contributed by atoms with Gasteiger partial charge in [0.05, 0.1) is 32.8 Å². The van der Waals surface area contributed by atoms with Gasteiger partial charge in [0, 0.05) is 29.0 Å². The summed E-state index contributed by atoms with van der Waals surface area (Å²) in [5.41, 5.74) is 4.05. The zero-order chi connectivity index (χ0) is 24.2. The van der Waals surface area contributed by atoms with Crippen molar-refractivity contribution < 1.29 is 28.5 Å². The predicted octanol–water partition coefficient (Wildman–Crippen LogP) is 4.42. The highest BCUT2D eigenvalue weighted by Crippen LogP contribution is 2.46. The van der Waals surface area contributed by atoms with Gasteiger partial charge in [-0.2, -0.15) is 0 Å². The molecule has 1 aliphatic heterocycles. The molecule has 0 bridgehead atoms. The van der Waals surface area contributed by atoms with E-state index in [1.54, 1.807) is 33.5 Å². The average molecular weight is 464 g/mol. The smallest absolute Gasteiger partial charge is 0.337 e. The van der Waals surface area contributed by atoms with Gasteiger partial charge in [-0.15, -0.1) is 0 Å². The van der Waals surface area contributed by atoms with Crippen molar-refractivity contribution in [2.45, 2.75) is 38.7 Å². The molecule has 4 rings (SSSR count). The fourth-order valence-electron chi connectivity index (χ4n) is 4.58. The summed E-state index contributed by atoms with van der Waals surface area (Å²) in [6, 6.07) is 12.7. The van der Waals surface area contributed by atoms with Gasteiger partial charge in [-0.05, 0) is 55.7 Å². The molecule has 1 atom stereocenters. The normalized spacial score (nSPS) is 17.6. The number of methoxy groups -OCH3 is 3. The topological polar surface area (TPSA) is 83.1 Å². The second kappa shape index (κ2) is 10.0. The lowest BCUT2D eigenvalue weighted by Crippen LogP contribution is -2.34. The summed E-state index contributed by atoms with van der Waals surface area (Å²) < 4.78 is 22.0. The molecule has 0 spiro atoms. The minimum absolute atomic E-state index is 0.0246. The highest BCUT2D eigenvalue weighted by molar-refractivity contribution is 6.04. The standard InChI is InChI=1S/C27H29NO6/c1-16-24(27(30)34-15-17-8-10-18(31-2)11-9-17)25(26-21(28-16)6-5-7-22(26)29)20-14-19(32-3)12-13-23(20)33-4/h8-14,25,28H,5-7,15H2,1-4H3/t25-/m1/s1. The van der Waals surface area contributed by atoms with Gasteiger partial charge < -0.3 is 24.3 Å². The molecular weight excluding hydrogens is 434 g/mol. The van der Waals surface area contributed by atoms with Crippen molar-refractivity contribution in [2.75, 3.05) is 21.3 Å². The molecule has 2 aromatic rings. The van der Waals surface area contributed by atoms with Crippen molar-refractivity contribution in [3.8, 4) is 17.2 Å². The zero-order valence-corrected chi connectivity index (χ0v) is 19.9. The van der Waals surface area contributed by atoms with Gasteiger partial charge in [0.15, 0.2) is 5.78 Å². The summed E-state index contributed by atoms with van der Waals surface area (Å²) in [7, 11) is 4.75. The number of Topliss-reactive ketones (excluding diaryl/α,β-unsaturated/α-hetero) is 1. The third-order valence-electron chi connectivity index (χ3n) is 6.27. The fraction of sp³-hybridized carbons (Fsp3) is 0.333. The Morgan fingerprint density at radius 2 is 1.68 bits per heavy atom. The predicted molar refractivity (Wildman–Crippen MR) is 127 cm³/mol. The summed E-state index contributed by atoms with van der Waals surface area (Å²) in [4.78, 5) is 26.6. The molecular formula is C27H29NO6. The van der Waals surface area contributed by atoms with Crippen LogP contribution in [0.25, 0.3) is 0 Å². The van der Waals surface area contributed by atoms with Gasteiger partial charge in [-0.25, -0.2) is 4.79 Å². The van der Waals surface area contributed by atoms with Crippen molar-refractivity contribution in [3.63, 3.8) is 0 Å². The summed E-state index contributed by atoms with van der Waals surface area (Å²) >= 11 is 0. The number of dihydropyridines is 1. The Kier molecular flexibility index (Phi) is 6.91. The Bertz CT molecular complexity index is 1160. The van der Waals surface area contributed by atoms with Crippen molar-refractivity contribution in [3.05, 3.63) is 76.1 Å². The summed E-state index contributed by atoms with van der Waals surface area (Å²) in [5, 5.41) is 3.31. The second-order valence-electron chi connectivity index (χ2n) is 8.30. The maximum Gasteiger partial charge on any atom is 0.337 e. The number of ether oxygens (including phenoxy) is 4. The van der Waals surface area contributed by atoms with Crippen LogP contribution in [-0.4, -0.2) is 33.1 Å². The van der Waals surface area contributed by atoms with E-state index in [1.807, 2.05) is 37.3 Å². The van der Waals surface area contributed by atoms with Crippen LogP contribution in [0, 0.1) is 0 Å². The molecule has 0 amide bonds. The Labute approximate surface area is 199 Å². The van der Waals surface area contributed by atoms with Crippen LogP contribution in [0.2, 0.25) is 0 Å². The first-order valence-corrected chi connectivity index (χ1v) is 11.2. The Morgan fingerprint density at radius 3 is 2.35 bits per heavy atom. The minimum Gasteiger partial charge on any atom is -0.497 e. The number of hydrogen-bond donors (Lipinski definition) is 1. The largest absolute Gasteiger partial charge is 0.497 e. The number of ketones is 1. The molecule has 0 aromatic heterocycles. The fourth-order valence-corrected chi connectivity index (χ4v) is 4.58. The number of nitrogens with one attached hydrogen (secondary N) is 1. The van der Waals surface area contributed by atoms with Crippen LogP contribution in [0.15, 0.2) is 65.0 Å². The molecule has 7 nitrogen and oxygen atoms in total. The molecule has 0 saturated carbocycles. The first-order valence-electron chi connectivity index (χ1n) is 11.2. The van der Waals surface area contributed by atoms with E-state index in [1.165, 1.54) is 0 Å². The van der Waals surface area contributed by atoms with Crippen LogP contribution in [0.4, 0.5) is 0 Å². The van der Waals surface area contributed by atoms with E-state index in [2.05, 4.69) is 5.32 Å². The number of carbonyl (C=O) groups is 2. The molecule has 1 N–H and O–H groups in total. The van der Waals surface area contributed by atoms with Gasteiger partial charge in [0.25, 0.3) is 0 Å². The molecule has 0 radical (unpaired) electrons. The third-order valence-corrected chi connectivity index (χ3v) is 6.27. The highest BCUT2D eigenvalue weighted by Gasteiger charge is 2.40. The lowest BCUT2D eigenvalue weighted by molar-refractivity contribution is -0.140. The van der Waals surface area contributed by atoms with E-state index >= 15 is 0 Å². The lowest BCUT2D eigenvalue weighted by atomic mass is 9.75. The summed E-state index contributed by atoms with van der Waals surface area (Å²) in [6.07, 6.45) is 1.96. The minimum atomic E-state index is -0.613. The van der Waals surface area contributed by atoms with E-state index < -0.39 is 11.9 Å². The molecule has 0 unspecified atom stereocenters. The maximum atomic E-state index is 13.5. The van der Waals surface area contributed by atoms with Crippen LogP contribution in [-0.2, 0) is 20.9 Å². The molecule has 2 aromatic carbocycles. The number of benzene rings is 2. The van der Waals surface area contributed by atoms with E-state index in [-0.39, 0.29) is 12.4 Å². The summed E-state index contributed by atoms with van der Waals surface area (Å²) in [5.74, 6) is 0.842. The Hall–Kier alpha value is -3.74. The molecule has 0 fully saturated rings. The molecule has 0 saturated heterocycles. The van der Waals surface area contributed by atoms with Crippen LogP contribution >= 0.6 is 0 Å². The molecule has 1 heterocycles. The van der Waals surface area contributed by atoms with Crippen molar-refractivity contribution in [1.29, 1.82) is 0 Å². The zero-order valence-electron chi connectivity index (χ0n) is 19.9. The van der Waals surface area contributed by atoms with E-state index in [0.717, 1.165) is 29.9 Å². The van der Waals surface area contributed by atoms with Gasteiger partial charge in [-0.3, -0.25) is 4.79 Å². The second-order valence-corrected chi connectivity index (χ2v) is 8.30. The van der Waals surface area contributed by atoms with Gasteiger partial charge in [0.1, 0.15) is 23.9 Å². The van der Waals surface area contributed by atoms with Crippen LogP contribution in [0.5, 0.6) is 17.2 Å². The number of esters is 1. The lowest BCUT2D eigenvalue weighted by Gasteiger charge is -2.34. The molecule has 7 heteroatoms. The van der Waals surface area contributed by atoms with Gasteiger partial charge in [-0.1, -0.05) is 12.1 Å². The van der Waals surface area contributed by atoms with Crippen molar-refractivity contribution in [2.24, 2.45) is 0 Å². The SMILES string of the molecule is COc1ccc(COC(=O)C2=C(C)NC3=C(C(=O)CCC3)[C@@H]2c2cc(OC)ccc2OC)cc1. The maximum absolute atomic E-state index is 13.5. The van der Waals surface area contributed by atoms with E-state index in [4.69, 9.17) is 18.9 Å². The first kappa shape index (κ1) is 23.4. The number of rotatable bonds is 7. The highest BCUT2D eigenvalue weighted by atomic mass is 16.5. The molecule has 34 heavy (non-hydrogen) atoms. The number of carbonyl (C=O) groups excluding carboxylic acids is 2.